The molecule has 0 radical (unpaired) electrons. The summed E-state index contributed by atoms with van der Waals surface area (Å²) < 4.78 is 8.75. The zero-order chi connectivity index (χ0) is 32.3. The lowest BCUT2D eigenvalue weighted by atomic mass is 9.86. The normalized spacial score (nSPS) is 11.7. The van der Waals surface area contributed by atoms with Crippen LogP contribution in [0, 0.1) is 17.9 Å². The second-order valence-electron chi connectivity index (χ2n) is 12.8. The Balaban J connectivity index is 1.51. The Hall–Kier alpha value is -6.30. The molecule has 0 aliphatic rings. The molecule has 5 nitrogen and oxygen atoms in total. The molecule has 5 heteroatoms. The van der Waals surface area contributed by atoms with Gasteiger partial charge in [0.15, 0.2) is 0 Å². The van der Waals surface area contributed by atoms with Crippen molar-refractivity contribution >= 4 is 66.5 Å². The predicted octanol–water partition coefficient (Wildman–Crippen LogP) is 11.9. The number of aromatic nitrogens is 1. The van der Waals surface area contributed by atoms with Gasteiger partial charge in [-0.05, 0) is 71.6 Å². The fourth-order valence-electron chi connectivity index (χ4n) is 6.76. The van der Waals surface area contributed by atoms with Gasteiger partial charge in [0.1, 0.15) is 17.2 Å². The lowest BCUT2D eigenvalue weighted by Crippen LogP contribution is -2.13. The van der Waals surface area contributed by atoms with Gasteiger partial charge >= 0.3 is 0 Å². The van der Waals surface area contributed by atoms with Crippen LogP contribution in [0.25, 0.3) is 54.3 Å². The zero-order valence-electron chi connectivity index (χ0n) is 26.3. The van der Waals surface area contributed by atoms with E-state index in [2.05, 4.69) is 72.7 Å². The smallest absolute Gasteiger partial charge is 0.212 e. The third-order valence-corrected chi connectivity index (χ3v) is 9.00. The van der Waals surface area contributed by atoms with Crippen LogP contribution in [-0.2, 0) is 5.41 Å². The van der Waals surface area contributed by atoms with Crippen molar-refractivity contribution in [2.45, 2.75) is 26.2 Å². The highest BCUT2D eigenvalue weighted by atomic mass is 16.3. The van der Waals surface area contributed by atoms with Crippen molar-refractivity contribution in [1.29, 1.82) is 5.26 Å². The average molecular weight is 607 g/mol. The van der Waals surface area contributed by atoms with Gasteiger partial charge in [0.25, 0.3) is 0 Å². The number of nitriles is 1. The monoisotopic (exact) mass is 606 g/mol. The van der Waals surface area contributed by atoms with E-state index in [4.69, 9.17) is 11.0 Å². The number of furan rings is 1. The van der Waals surface area contributed by atoms with Gasteiger partial charge in [-0.1, -0.05) is 87.5 Å². The lowest BCUT2D eigenvalue weighted by Gasteiger charge is -2.28. The summed E-state index contributed by atoms with van der Waals surface area (Å²) in [4.78, 5) is 5.95. The van der Waals surface area contributed by atoms with Crippen LogP contribution in [0.2, 0.25) is 0 Å². The molecule has 0 atom stereocenters. The molecule has 47 heavy (non-hydrogen) atoms. The van der Waals surface area contributed by atoms with Crippen LogP contribution >= 0.6 is 0 Å². The maximum atomic E-state index is 11.0. The van der Waals surface area contributed by atoms with E-state index in [9.17, 15) is 5.26 Å². The largest absolute Gasteiger partial charge is 0.455 e. The van der Waals surface area contributed by atoms with Crippen LogP contribution < -0.4 is 4.90 Å². The van der Waals surface area contributed by atoms with Crippen LogP contribution in [-0.4, -0.2) is 4.57 Å². The van der Waals surface area contributed by atoms with Gasteiger partial charge in [-0.3, -0.25) is 0 Å². The first-order valence-electron chi connectivity index (χ1n) is 15.6. The minimum Gasteiger partial charge on any atom is -0.455 e. The van der Waals surface area contributed by atoms with E-state index in [0.29, 0.717) is 22.6 Å². The summed E-state index contributed by atoms with van der Waals surface area (Å²) in [5.74, 6) is 0. The highest BCUT2D eigenvalue weighted by molar-refractivity contribution is 6.24. The summed E-state index contributed by atoms with van der Waals surface area (Å²) in [5, 5.41) is 15.2. The minimum absolute atomic E-state index is 0.0709. The van der Waals surface area contributed by atoms with Crippen molar-refractivity contribution in [3.05, 3.63) is 150 Å². The molecule has 2 heterocycles. The van der Waals surface area contributed by atoms with Gasteiger partial charge < -0.3 is 13.9 Å². The van der Waals surface area contributed by atoms with Gasteiger partial charge in [-0.25, -0.2) is 4.85 Å². The van der Waals surface area contributed by atoms with Crippen LogP contribution in [0.1, 0.15) is 31.9 Å². The van der Waals surface area contributed by atoms with Gasteiger partial charge in [0, 0.05) is 27.5 Å². The van der Waals surface area contributed by atoms with Crippen molar-refractivity contribution < 1.29 is 4.42 Å². The highest BCUT2D eigenvalue weighted by Crippen LogP contribution is 2.47. The predicted molar refractivity (Wildman–Crippen MR) is 192 cm³/mol. The number of benzene rings is 6. The van der Waals surface area contributed by atoms with Crippen molar-refractivity contribution in [3.8, 4) is 11.8 Å². The second-order valence-corrected chi connectivity index (χ2v) is 12.8. The molecule has 0 bridgehead atoms. The third-order valence-electron chi connectivity index (χ3n) is 9.00. The van der Waals surface area contributed by atoms with E-state index in [1.54, 1.807) is 0 Å². The summed E-state index contributed by atoms with van der Waals surface area (Å²) in [6.07, 6.45) is 0. The Kier molecular flexibility index (Phi) is 6.39. The first kappa shape index (κ1) is 28.2. The molecule has 0 N–H and O–H groups in total. The molecule has 0 fully saturated rings. The third kappa shape index (κ3) is 4.36. The van der Waals surface area contributed by atoms with Crippen molar-refractivity contribution in [3.63, 3.8) is 0 Å². The van der Waals surface area contributed by atoms with Gasteiger partial charge in [-0.2, -0.15) is 5.26 Å². The maximum absolute atomic E-state index is 11.0. The molecule has 8 aromatic rings. The molecule has 0 saturated heterocycles. The van der Waals surface area contributed by atoms with Crippen LogP contribution in [0.5, 0.6) is 0 Å². The molecule has 0 saturated carbocycles. The first-order valence-corrected chi connectivity index (χ1v) is 15.6. The summed E-state index contributed by atoms with van der Waals surface area (Å²) in [6.45, 7) is 14.8. The SMILES string of the molecule is [C-]#[N+]c1ccc(-n2c3ccc(C(C)(C)C)cc3c3c4oc5ccccc5c4ccc32)c(C#N)c1N(c1ccccc1)c1ccccc1. The highest BCUT2D eigenvalue weighted by Gasteiger charge is 2.27. The van der Waals surface area contributed by atoms with E-state index in [-0.39, 0.29) is 5.41 Å². The van der Waals surface area contributed by atoms with E-state index in [1.807, 2.05) is 95.9 Å². The number of nitrogens with zero attached hydrogens (tertiary/aromatic N) is 4. The molecular weight excluding hydrogens is 576 g/mol. The zero-order valence-corrected chi connectivity index (χ0v) is 26.3. The van der Waals surface area contributed by atoms with Gasteiger partial charge in [0.05, 0.1) is 39.9 Å². The van der Waals surface area contributed by atoms with Crippen LogP contribution in [0.15, 0.2) is 132 Å². The summed E-state index contributed by atoms with van der Waals surface area (Å²) in [5.41, 5.74) is 8.47. The number of hydrogen-bond acceptors (Lipinski definition) is 3. The Morgan fingerprint density at radius 2 is 1.38 bits per heavy atom. The van der Waals surface area contributed by atoms with Gasteiger partial charge in [-0.15, -0.1) is 0 Å². The molecule has 0 spiro atoms. The molecule has 8 rings (SSSR count). The number of rotatable bonds is 4. The maximum Gasteiger partial charge on any atom is 0.212 e. The Bertz CT molecular complexity index is 2530. The second kappa shape index (κ2) is 10.7. The molecule has 2 aromatic heterocycles. The van der Waals surface area contributed by atoms with E-state index >= 15 is 0 Å². The molecule has 6 aromatic carbocycles. The Morgan fingerprint density at radius 3 is 2.04 bits per heavy atom. The number of hydrogen-bond donors (Lipinski definition) is 0. The fourth-order valence-corrected chi connectivity index (χ4v) is 6.76. The number of fused-ring (bicyclic) bond motifs is 7. The van der Waals surface area contributed by atoms with E-state index in [1.165, 1.54) is 5.56 Å². The molecular formula is C42H30N4O. The Labute approximate surface area is 272 Å². The summed E-state index contributed by atoms with van der Waals surface area (Å²) in [7, 11) is 0. The number of anilines is 3. The standard InChI is InChI=1S/C42H30N4O/c1-42(2,3)27-19-22-35-32(25-27)39-37(23-20-31-30-17-11-12-18-38(30)47-41(31)39)46(35)36-24-21-34(44-4)40(33(36)26-43)45(28-13-7-5-8-14-28)29-15-9-6-10-16-29/h5-25H,1-3H3. The first-order chi connectivity index (χ1) is 22.9. The average Bonchev–Trinajstić information content (AvgIpc) is 3.64. The summed E-state index contributed by atoms with van der Waals surface area (Å²) >= 11 is 0. The van der Waals surface area contributed by atoms with Crippen molar-refractivity contribution in [2.75, 3.05) is 4.90 Å². The molecule has 0 aliphatic heterocycles. The Morgan fingerprint density at radius 1 is 0.723 bits per heavy atom. The van der Waals surface area contributed by atoms with Crippen LogP contribution in [0.4, 0.5) is 22.7 Å². The molecule has 0 amide bonds. The molecule has 0 unspecified atom stereocenters. The van der Waals surface area contributed by atoms with Crippen molar-refractivity contribution in [1.82, 2.24) is 4.57 Å². The van der Waals surface area contributed by atoms with Gasteiger partial charge in [0.2, 0.25) is 5.69 Å². The van der Waals surface area contributed by atoms with Crippen molar-refractivity contribution in [2.24, 2.45) is 0 Å². The summed E-state index contributed by atoms with van der Waals surface area (Å²) in [6, 6.07) is 45.1. The fraction of sp³-hybridized carbons (Fsp3) is 0.0952. The number of para-hydroxylation sites is 3. The molecule has 224 valence electrons. The van der Waals surface area contributed by atoms with E-state index < -0.39 is 0 Å². The molecule has 0 aliphatic carbocycles. The minimum atomic E-state index is -0.0709. The quantitative estimate of drug-likeness (QED) is 0.187. The van der Waals surface area contributed by atoms with Crippen LogP contribution in [0.3, 0.4) is 0 Å². The topological polar surface area (TPSA) is 49.5 Å². The van der Waals surface area contributed by atoms with E-state index in [0.717, 1.165) is 55.1 Å². The lowest BCUT2D eigenvalue weighted by molar-refractivity contribution is 0.591.